The molecule has 1 atom stereocenters. The molecule has 1 N–H and O–H groups in total. The molecular formula is C7H13NO5. The second kappa shape index (κ2) is 4.08. The van der Waals surface area contributed by atoms with Crippen molar-refractivity contribution in [2.24, 2.45) is 0 Å². The van der Waals surface area contributed by atoms with Crippen molar-refractivity contribution in [3.8, 4) is 0 Å². The Kier molecular flexibility index (Phi) is 3.68. The number of nitrogens with zero attached hydrogens (tertiary/aromatic N) is 1. The molecule has 0 aliphatic rings. The molecule has 0 radical (unpaired) electrons. The number of ether oxygens (including phenoxy) is 1. The van der Waals surface area contributed by atoms with Gasteiger partial charge in [0.05, 0.1) is 27.1 Å². The van der Waals surface area contributed by atoms with Crippen LogP contribution in [0.25, 0.3) is 0 Å². The van der Waals surface area contributed by atoms with Crippen LogP contribution in [0.2, 0.25) is 0 Å². The summed E-state index contributed by atoms with van der Waals surface area (Å²) in [6, 6.07) is 0. The number of carboxylic acids is 1. The molecule has 0 aliphatic heterocycles. The number of carboxylic acid groups (broad SMARTS) is 2. The maximum atomic E-state index is 10.4. The summed E-state index contributed by atoms with van der Waals surface area (Å²) >= 11 is 0. The van der Waals surface area contributed by atoms with Crippen LogP contribution in [0, 0.1) is 0 Å². The second-order valence-corrected chi connectivity index (χ2v) is 3.66. The molecule has 1 unspecified atom stereocenters. The van der Waals surface area contributed by atoms with E-state index >= 15 is 0 Å². The van der Waals surface area contributed by atoms with E-state index in [4.69, 9.17) is 5.11 Å². The van der Waals surface area contributed by atoms with Crippen molar-refractivity contribution in [1.29, 1.82) is 0 Å². The molecule has 0 heterocycles. The minimum absolute atomic E-state index is 0.0363. The van der Waals surface area contributed by atoms with Crippen LogP contribution < -0.4 is 5.11 Å². The van der Waals surface area contributed by atoms with E-state index in [2.05, 4.69) is 4.74 Å². The van der Waals surface area contributed by atoms with Gasteiger partial charge < -0.3 is 24.2 Å². The van der Waals surface area contributed by atoms with Crippen LogP contribution in [0.3, 0.4) is 0 Å². The number of likely N-dealkylation sites (N-methyl/N-ethyl adjacent to an activating group) is 1. The minimum Gasteiger partial charge on any atom is -0.546 e. The van der Waals surface area contributed by atoms with Crippen LogP contribution in [0.15, 0.2) is 0 Å². The third-order valence-corrected chi connectivity index (χ3v) is 1.22. The van der Waals surface area contributed by atoms with Crippen molar-refractivity contribution < 1.29 is 29.0 Å². The smallest absolute Gasteiger partial charge is 0.506 e. The highest BCUT2D eigenvalue weighted by molar-refractivity contribution is 5.73. The molecule has 0 fully saturated rings. The van der Waals surface area contributed by atoms with Gasteiger partial charge in [0.2, 0.25) is 0 Å². The highest BCUT2D eigenvalue weighted by atomic mass is 16.7. The summed E-state index contributed by atoms with van der Waals surface area (Å²) in [5, 5.41) is 18.6. The highest BCUT2D eigenvalue weighted by Crippen LogP contribution is 1.99. The van der Waals surface area contributed by atoms with Gasteiger partial charge in [-0.05, 0) is 0 Å². The van der Waals surface area contributed by atoms with Gasteiger partial charge in [0, 0.05) is 0 Å². The summed E-state index contributed by atoms with van der Waals surface area (Å²) in [5.74, 6) is -1.52. The molecule has 6 nitrogen and oxygen atoms in total. The number of rotatable bonds is 4. The summed E-state index contributed by atoms with van der Waals surface area (Å²) in [6.45, 7) is 0.0363. The standard InChI is InChI=1S/C7H13NO5/c1-8(2,3)4-5(6(9)10)13-7(11)12/h5H,4H2,1-3H3,(H-,9,10,11,12). The Balaban J connectivity index is 4.27. The summed E-state index contributed by atoms with van der Waals surface area (Å²) in [7, 11) is 5.17. The van der Waals surface area contributed by atoms with Crippen molar-refractivity contribution in [3.05, 3.63) is 0 Å². The highest BCUT2D eigenvalue weighted by Gasteiger charge is 2.22. The third kappa shape index (κ3) is 5.92. The average molecular weight is 191 g/mol. The summed E-state index contributed by atoms with van der Waals surface area (Å²) < 4.78 is 4.41. The van der Waals surface area contributed by atoms with Gasteiger partial charge in [0.15, 0.2) is 6.10 Å². The topological polar surface area (TPSA) is 86.7 Å². The van der Waals surface area contributed by atoms with Gasteiger partial charge in [0.25, 0.3) is 0 Å². The van der Waals surface area contributed by atoms with Crippen LogP contribution in [-0.2, 0) is 9.53 Å². The Morgan fingerprint density at radius 2 is 1.92 bits per heavy atom. The van der Waals surface area contributed by atoms with E-state index in [0.29, 0.717) is 0 Å². The monoisotopic (exact) mass is 191 g/mol. The molecule has 6 heteroatoms. The summed E-state index contributed by atoms with van der Waals surface area (Å²) in [6.07, 6.45) is -3.03. The molecule has 76 valence electrons. The summed E-state index contributed by atoms with van der Waals surface area (Å²) in [4.78, 5) is 20.5. The van der Waals surface area contributed by atoms with Gasteiger partial charge in [-0.2, -0.15) is 0 Å². The van der Waals surface area contributed by atoms with Crippen molar-refractivity contribution in [1.82, 2.24) is 0 Å². The molecule has 13 heavy (non-hydrogen) atoms. The Hall–Kier alpha value is -1.30. The zero-order valence-corrected chi connectivity index (χ0v) is 7.81. The van der Waals surface area contributed by atoms with Crippen LogP contribution >= 0.6 is 0 Å². The van der Waals surface area contributed by atoms with Crippen LogP contribution in [0.4, 0.5) is 4.79 Å². The average Bonchev–Trinajstić information content (AvgIpc) is 1.81. The third-order valence-electron chi connectivity index (χ3n) is 1.22. The van der Waals surface area contributed by atoms with E-state index in [0.717, 1.165) is 0 Å². The first-order chi connectivity index (χ1) is 5.72. The summed E-state index contributed by atoms with van der Waals surface area (Å²) in [5.41, 5.74) is 0. The zero-order valence-electron chi connectivity index (χ0n) is 7.81. The van der Waals surface area contributed by atoms with E-state index in [1.165, 1.54) is 0 Å². The van der Waals surface area contributed by atoms with Gasteiger partial charge in [-0.15, -0.1) is 0 Å². The lowest BCUT2D eigenvalue weighted by atomic mass is 10.3. The van der Waals surface area contributed by atoms with Gasteiger partial charge in [0.1, 0.15) is 6.54 Å². The SMILES string of the molecule is C[N+](C)(C)CC(OC(=O)O)C(=O)[O-]. The number of carbonyl (C=O) groups is 2. The molecule has 0 saturated heterocycles. The lowest BCUT2D eigenvalue weighted by molar-refractivity contribution is -0.872. The van der Waals surface area contributed by atoms with E-state index in [1.807, 2.05) is 0 Å². The fraction of sp³-hybridized carbons (Fsp3) is 0.714. The fourth-order valence-corrected chi connectivity index (χ4v) is 0.779. The van der Waals surface area contributed by atoms with Crippen molar-refractivity contribution >= 4 is 12.1 Å². The van der Waals surface area contributed by atoms with Crippen LogP contribution in [0.1, 0.15) is 0 Å². The Labute approximate surface area is 75.9 Å². The van der Waals surface area contributed by atoms with Crippen LogP contribution in [0.5, 0.6) is 0 Å². The van der Waals surface area contributed by atoms with Crippen LogP contribution in [-0.4, -0.2) is 55.5 Å². The minimum atomic E-state index is -1.61. The number of quaternary nitrogens is 1. The molecule has 0 bridgehead atoms. The Morgan fingerprint density at radius 3 is 2.15 bits per heavy atom. The number of hydrogen-bond donors (Lipinski definition) is 1. The van der Waals surface area contributed by atoms with E-state index in [9.17, 15) is 14.7 Å². The van der Waals surface area contributed by atoms with Gasteiger partial charge in [-0.3, -0.25) is 0 Å². The molecule has 0 saturated carbocycles. The van der Waals surface area contributed by atoms with E-state index in [1.54, 1.807) is 21.1 Å². The Bertz CT molecular complexity index is 207. The maximum Gasteiger partial charge on any atom is 0.506 e. The first-order valence-corrected chi connectivity index (χ1v) is 3.63. The first-order valence-electron chi connectivity index (χ1n) is 3.63. The molecule has 0 rings (SSSR count). The molecule has 0 aromatic carbocycles. The first kappa shape index (κ1) is 11.7. The quantitative estimate of drug-likeness (QED) is 0.432. The molecule has 0 spiro atoms. The maximum absolute atomic E-state index is 10.4. The van der Waals surface area contributed by atoms with Crippen molar-refractivity contribution in [2.45, 2.75) is 6.10 Å². The normalized spacial score (nSPS) is 13.5. The zero-order chi connectivity index (χ0) is 10.6. The predicted molar refractivity (Wildman–Crippen MR) is 40.8 cm³/mol. The van der Waals surface area contributed by atoms with Gasteiger partial charge in [-0.1, -0.05) is 0 Å². The largest absolute Gasteiger partial charge is 0.546 e. The van der Waals surface area contributed by atoms with E-state index in [-0.39, 0.29) is 11.0 Å². The number of aliphatic carboxylic acids is 1. The molecule has 0 aromatic heterocycles. The fourth-order valence-electron chi connectivity index (χ4n) is 0.779. The van der Waals surface area contributed by atoms with Crippen molar-refractivity contribution in [3.63, 3.8) is 0 Å². The molecule has 0 aromatic rings. The van der Waals surface area contributed by atoms with E-state index < -0.39 is 18.2 Å². The second-order valence-electron chi connectivity index (χ2n) is 3.66. The predicted octanol–water partition coefficient (Wildman–Crippen LogP) is -1.49. The molecular weight excluding hydrogens is 178 g/mol. The number of carbonyl (C=O) groups excluding carboxylic acids is 1. The lowest BCUT2D eigenvalue weighted by Crippen LogP contribution is -2.50. The molecule has 0 aliphatic carbocycles. The molecule has 0 amide bonds. The van der Waals surface area contributed by atoms with Gasteiger partial charge in [-0.25, -0.2) is 4.79 Å². The Morgan fingerprint density at radius 1 is 1.46 bits per heavy atom. The lowest BCUT2D eigenvalue weighted by Gasteiger charge is -2.28. The van der Waals surface area contributed by atoms with Gasteiger partial charge >= 0.3 is 6.16 Å². The number of hydrogen-bond acceptors (Lipinski definition) is 4. The van der Waals surface area contributed by atoms with Crippen molar-refractivity contribution in [2.75, 3.05) is 27.7 Å².